The van der Waals surface area contributed by atoms with Crippen LogP contribution in [0.3, 0.4) is 0 Å². The van der Waals surface area contributed by atoms with Crippen LogP contribution in [0.5, 0.6) is 0 Å². The van der Waals surface area contributed by atoms with Crippen LogP contribution in [-0.4, -0.2) is 29.9 Å². The second kappa shape index (κ2) is 3.48. The van der Waals surface area contributed by atoms with Gasteiger partial charge in [0.05, 0.1) is 6.61 Å². The molecule has 0 aromatic rings. The average Bonchev–Trinajstić information content (AvgIpc) is 2.11. The Bertz CT molecular complexity index is 271. The van der Waals surface area contributed by atoms with Gasteiger partial charge in [-0.25, -0.2) is 0 Å². The fraction of sp³-hybridized carbons (Fsp3) is 0.800. The fourth-order valence-electron chi connectivity index (χ4n) is 1.04. The number of hydrogen-bond acceptors (Lipinski definition) is 5. The van der Waals surface area contributed by atoms with E-state index in [9.17, 15) is 9.59 Å². The Kier molecular flexibility index (Phi) is 2.78. The predicted molar refractivity (Wildman–Crippen MR) is 50.6 cm³/mol. The van der Waals surface area contributed by atoms with E-state index in [4.69, 9.17) is 14.6 Å². The van der Waals surface area contributed by atoms with Crippen molar-refractivity contribution in [2.75, 3.05) is 6.61 Å². The van der Waals surface area contributed by atoms with E-state index in [0.717, 1.165) is 0 Å². The summed E-state index contributed by atoms with van der Waals surface area (Å²) < 4.78 is 9.97. The zero-order chi connectivity index (χ0) is 11.9. The molecule has 0 radical (unpaired) electrons. The Morgan fingerprint density at radius 3 is 1.93 bits per heavy atom. The average molecular weight is 216 g/mol. The van der Waals surface area contributed by atoms with Crippen LogP contribution in [0, 0.1) is 10.8 Å². The quantitative estimate of drug-likeness (QED) is 0.509. The SMILES string of the molecule is CC1(CO)C(=O)OC(C(C)(C)C)OC1=O. The first kappa shape index (κ1) is 12.0. The van der Waals surface area contributed by atoms with E-state index < -0.39 is 35.7 Å². The molecule has 1 heterocycles. The van der Waals surface area contributed by atoms with Gasteiger partial charge in [-0.15, -0.1) is 0 Å². The highest BCUT2D eigenvalue weighted by Crippen LogP contribution is 2.33. The van der Waals surface area contributed by atoms with Gasteiger partial charge >= 0.3 is 11.9 Å². The van der Waals surface area contributed by atoms with Crippen molar-refractivity contribution in [3.8, 4) is 0 Å². The molecule has 0 aromatic carbocycles. The lowest BCUT2D eigenvalue weighted by molar-refractivity contribution is -0.242. The number of aliphatic hydroxyl groups excluding tert-OH is 1. The molecule has 0 atom stereocenters. The Morgan fingerprint density at radius 1 is 1.27 bits per heavy atom. The molecule has 0 amide bonds. The maximum Gasteiger partial charge on any atom is 0.328 e. The van der Waals surface area contributed by atoms with Gasteiger partial charge in [0.2, 0.25) is 0 Å². The summed E-state index contributed by atoms with van der Waals surface area (Å²) in [7, 11) is 0. The van der Waals surface area contributed by atoms with Gasteiger partial charge in [0, 0.05) is 5.41 Å². The van der Waals surface area contributed by atoms with Crippen molar-refractivity contribution >= 4 is 11.9 Å². The van der Waals surface area contributed by atoms with Crippen LogP contribution < -0.4 is 0 Å². The van der Waals surface area contributed by atoms with Crippen LogP contribution in [0.25, 0.3) is 0 Å². The standard InChI is InChI=1S/C10H16O5/c1-9(2,3)8-14-6(12)10(4,5-11)7(13)15-8/h8,11H,5H2,1-4H3. The van der Waals surface area contributed by atoms with Gasteiger partial charge in [-0.05, 0) is 6.92 Å². The van der Waals surface area contributed by atoms with Crippen LogP contribution in [-0.2, 0) is 19.1 Å². The maximum absolute atomic E-state index is 11.5. The molecular formula is C10H16O5. The molecule has 0 spiro atoms. The number of aliphatic hydroxyl groups is 1. The highest BCUT2D eigenvalue weighted by molar-refractivity contribution is 6.01. The predicted octanol–water partition coefficient (Wildman–Crippen LogP) is 0.457. The molecule has 1 N–H and O–H groups in total. The van der Waals surface area contributed by atoms with Gasteiger partial charge in [0.25, 0.3) is 6.29 Å². The van der Waals surface area contributed by atoms with E-state index in [-0.39, 0.29) is 0 Å². The van der Waals surface area contributed by atoms with Gasteiger partial charge in [0.1, 0.15) is 0 Å². The highest BCUT2D eigenvalue weighted by Gasteiger charge is 2.52. The minimum atomic E-state index is -1.58. The minimum absolute atomic E-state index is 0.470. The van der Waals surface area contributed by atoms with E-state index in [1.54, 1.807) is 20.8 Å². The van der Waals surface area contributed by atoms with Crippen molar-refractivity contribution in [1.29, 1.82) is 0 Å². The van der Waals surface area contributed by atoms with E-state index >= 15 is 0 Å². The number of rotatable bonds is 1. The summed E-state index contributed by atoms with van der Waals surface area (Å²) in [6.45, 7) is 6.07. The molecule has 0 unspecified atom stereocenters. The van der Waals surface area contributed by atoms with E-state index in [0.29, 0.717) is 0 Å². The molecule has 15 heavy (non-hydrogen) atoms. The zero-order valence-corrected chi connectivity index (χ0v) is 9.36. The van der Waals surface area contributed by atoms with Gasteiger partial charge in [0.15, 0.2) is 5.41 Å². The van der Waals surface area contributed by atoms with Crippen molar-refractivity contribution in [3.63, 3.8) is 0 Å². The molecule has 5 heteroatoms. The van der Waals surface area contributed by atoms with Crippen molar-refractivity contribution in [3.05, 3.63) is 0 Å². The third kappa shape index (κ3) is 1.97. The molecule has 1 fully saturated rings. The summed E-state index contributed by atoms with van der Waals surface area (Å²) in [5.41, 5.74) is -2.05. The highest BCUT2D eigenvalue weighted by atomic mass is 16.7. The normalized spacial score (nSPS) is 32.2. The molecule has 0 aliphatic carbocycles. The molecule has 0 aromatic heterocycles. The van der Waals surface area contributed by atoms with Crippen LogP contribution in [0.1, 0.15) is 27.7 Å². The number of ether oxygens (including phenoxy) is 2. The Morgan fingerprint density at radius 2 is 1.67 bits per heavy atom. The first-order chi connectivity index (χ1) is 6.71. The Hall–Kier alpha value is -1.10. The summed E-state index contributed by atoms with van der Waals surface area (Å²) in [4.78, 5) is 23.1. The maximum atomic E-state index is 11.5. The van der Waals surface area contributed by atoms with Crippen molar-refractivity contribution in [2.24, 2.45) is 10.8 Å². The largest absolute Gasteiger partial charge is 0.424 e. The van der Waals surface area contributed by atoms with Crippen LogP contribution in [0.15, 0.2) is 0 Å². The van der Waals surface area contributed by atoms with Crippen LogP contribution in [0.2, 0.25) is 0 Å². The molecule has 1 saturated heterocycles. The van der Waals surface area contributed by atoms with E-state index in [2.05, 4.69) is 0 Å². The summed E-state index contributed by atoms with van der Waals surface area (Å²) in [5.74, 6) is -1.47. The Balaban J connectivity index is 2.90. The molecule has 0 saturated carbocycles. The van der Waals surface area contributed by atoms with E-state index in [1.807, 2.05) is 0 Å². The summed E-state index contributed by atoms with van der Waals surface area (Å²) in [6.07, 6.45) is -0.892. The second-order valence-electron chi connectivity index (χ2n) is 5.00. The summed E-state index contributed by atoms with van der Waals surface area (Å²) in [5, 5.41) is 8.98. The second-order valence-corrected chi connectivity index (χ2v) is 5.00. The van der Waals surface area contributed by atoms with Gasteiger partial charge in [-0.2, -0.15) is 0 Å². The smallest absolute Gasteiger partial charge is 0.328 e. The molecule has 86 valence electrons. The summed E-state index contributed by atoms with van der Waals surface area (Å²) in [6, 6.07) is 0. The van der Waals surface area contributed by atoms with Gasteiger partial charge in [-0.1, -0.05) is 20.8 Å². The first-order valence-electron chi connectivity index (χ1n) is 4.75. The topological polar surface area (TPSA) is 72.8 Å². The Labute approximate surface area is 88.4 Å². The molecule has 1 aliphatic heterocycles. The number of carbonyl (C=O) groups excluding carboxylic acids is 2. The molecule has 1 aliphatic rings. The fourth-order valence-corrected chi connectivity index (χ4v) is 1.04. The van der Waals surface area contributed by atoms with Crippen LogP contribution >= 0.6 is 0 Å². The van der Waals surface area contributed by atoms with Crippen LogP contribution in [0.4, 0.5) is 0 Å². The lowest BCUT2D eigenvalue weighted by atomic mass is 9.89. The zero-order valence-electron chi connectivity index (χ0n) is 9.36. The van der Waals surface area contributed by atoms with Crippen molar-refractivity contribution < 1.29 is 24.2 Å². The minimum Gasteiger partial charge on any atom is -0.424 e. The molecule has 1 rings (SSSR count). The number of carbonyl (C=O) groups is 2. The lowest BCUT2D eigenvalue weighted by Crippen LogP contribution is -2.53. The van der Waals surface area contributed by atoms with Crippen molar-refractivity contribution in [1.82, 2.24) is 0 Å². The van der Waals surface area contributed by atoms with E-state index in [1.165, 1.54) is 6.92 Å². The van der Waals surface area contributed by atoms with Gasteiger partial charge in [-0.3, -0.25) is 9.59 Å². The number of hydrogen-bond donors (Lipinski definition) is 1. The first-order valence-corrected chi connectivity index (χ1v) is 4.75. The molecule has 0 bridgehead atoms. The van der Waals surface area contributed by atoms with Crippen molar-refractivity contribution in [2.45, 2.75) is 34.0 Å². The summed E-state index contributed by atoms with van der Waals surface area (Å²) >= 11 is 0. The molecule has 5 nitrogen and oxygen atoms in total. The third-order valence-electron chi connectivity index (χ3n) is 2.35. The third-order valence-corrected chi connectivity index (χ3v) is 2.35. The number of cyclic esters (lactones) is 2. The number of esters is 2. The lowest BCUT2D eigenvalue weighted by Gasteiger charge is -2.38. The van der Waals surface area contributed by atoms with Gasteiger partial charge < -0.3 is 14.6 Å². The monoisotopic (exact) mass is 216 g/mol. The molecular weight excluding hydrogens is 200 g/mol.